The van der Waals surface area contributed by atoms with E-state index in [2.05, 4.69) is 15.2 Å². The Bertz CT molecular complexity index is 242. The molecule has 6 nitrogen and oxygen atoms in total. The van der Waals surface area contributed by atoms with Gasteiger partial charge in [0.15, 0.2) is 0 Å². The molecule has 1 heterocycles. The van der Waals surface area contributed by atoms with Crippen molar-refractivity contribution in [3.05, 3.63) is 0 Å². The first-order chi connectivity index (χ1) is 4.66. The maximum atomic E-state index is 8.71. The summed E-state index contributed by atoms with van der Waals surface area (Å²) in [4.78, 5) is 3.91. The molecule has 0 aromatic carbocycles. The van der Waals surface area contributed by atoms with Gasteiger partial charge in [-0.1, -0.05) is 0 Å². The van der Waals surface area contributed by atoms with Crippen molar-refractivity contribution in [3.63, 3.8) is 0 Å². The lowest BCUT2D eigenvalue weighted by molar-refractivity contribution is 0.210. The van der Waals surface area contributed by atoms with Crippen LogP contribution in [0.5, 0.6) is 23.4 Å². The summed E-state index contributed by atoms with van der Waals surface area (Å²) in [7, 11) is 0. The van der Waals surface area contributed by atoms with Crippen LogP contribution in [0, 0.1) is 0 Å². The molecule has 0 aliphatic rings. The molecule has 56 valence electrons. The van der Waals surface area contributed by atoms with Gasteiger partial charge in [-0.2, -0.15) is 5.90 Å². The fraction of sp³-hybridized carbons (Fsp3) is 0. The summed E-state index contributed by atoms with van der Waals surface area (Å²) >= 11 is 0. The van der Waals surface area contributed by atoms with Gasteiger partial charge in [-0.05, 0) is 0 Å². The Labute approximate surface area is 55.0 Å². The molecule has 0 fully saturated rings. The number of hydrogen-bond donors (Lipinski definition) is 4. The summed E-state index contributed by atoms with van der Waals surface area (Å²) in [5.74, 6) is 1.68. The van der Waals surface area contributed by atoms with E-state index in [1.807, 2.05) is 0 Å². The third kappa shape index (κ3) is 0.705. The average Bonchev–Trinajstić information content (AvgIpc) is 2.17. The van der Waals surface area contributed by atoms with Crippen molar-refractivity contribution in [2.45, 2.75) is 0 Å². The molecule has 10 heavy (non-hydrogen) atoms. The number of rotatable bonds is 1. The number of nitrogens with two attached hydrogens (primary N) is 1. The summed E-state index contributed by atoms with van der Waals surface area (Å²) in [5.41, 5.74) is 0. The maximum absolute atomic E-state index is 8.71. The van der Waals surface area contributed by atoms with Crippen molar-refractivity contribution in [1.29, 1.82) is 0 Å². The number of hydrogen-bond acceptors (Lipinski definition) is 6. The Hall–Kier alpha value is -1.56. The first-order valence-corrected chi connectivity index (χ1v) is 2.27. The van der Waals surface area contributed by atoms with Crippen LogP contribution >= 0.6 is 0 Å². The number of furan rings is 1. The fourth-order valence-corrected chi connectivity index (χ4v) is 0.462. The van der Waals surface area contributed by atoms with Crippen LogP contribution in [0.15, 0.2) is 4.42 Å². The molecule has 0 radical (unpaired) electrons. The van der Waals surface area contributed by atoms with Crippen molar-refractivity contribution >= 4 is 0 Å². The Morgan fingerprint density at radius 2 is 1.80 bits per heavy atom. The zero-order valence-corrected chi connectivity index (χ0v) is 4.74. The second-order valence-corrected chi connectivity index (χ2v) is 1.51. The molecule has 0 unspecified atom stereocenters. The van der Waals surface area contributed by atoms with E-state index in [9.17, 15) is 0 Å². The Morgan fingerprint density at radius 1 is 1.20 bits per heavy atom. The zero-order chi connectivity index (χ0) is 7.72. The Balaban J connectivity index is 3.17. The van der Waals surface area contributed by atoms with Crippen LogP contribution in [0.1, 0.15) is 0 Å². The van der Waals surface area contributed by atoms with Gasteiger partial charge >= 0.3 is 11.9 Å². The normalized spacial score (nSPS) is 9.70. The standard InChI is InChI=1S/C4H5NO5/c5-10-4-2(7)1(6)3(8)9-4/h6-8H,5H2. The largest absolute Gasteiger partial charge is 0.499 e. The molecule has 0 aliphatic carbocycles. The van der Waals surface area contributed by atoms with Crippen LogP contribution in [0.3, 0.4) is 0 Å². The van der Waals surface area contributed by atoms with E-state index in [-0.39, 0.29) is 0 Å². The lowest BCUT2D eigenvalue weighted by atomic mass is 10.5. The van der Waals surface area contributed by atoms with Gasteiger partial charge in [0.25, 0.3) is 0 Å². The van der Waals surface area contributed by atoms with Crippen LogP contribution < -0.4 is 10.7 Å². The van der Waals surface area contributed by atoms with E-state index < -0.39 is 23.4 Å². The van der Waals surface area contributed by atoms with Crippen molar-refractivity contribution in [3.8, 4) is 23.4 Å². The smallest absolute Gasteiger partial charge is 0.354 e. The van der Waals surface area contributed by atoms with Gasteiger partial charge in [0, 0.05) is 0 Å². The minimum absolute atomic E-state index is 0.532. The van der Waals surface area contributed by atoms with Gasteiger partial charge < -0.3 is 24.6 Å². The van der Waals surface area contributed by atoms with Gasteiger partial charge in [-0.3, -0.25) is 0 Å². The van der Waals surface area contributed by atoms with Crippen molar-refractivity contribution in [1.82, 2.24) is 0 Å². The monoisotopic (exact) mass is 147 g/mol. The van der Waals surface area contributed by atoms with Crippen molar-refractivity contribution in [2.24, 2.45) is 5.90 Å². The van der Waals surface area contributed by atoms with E-state index in [0.717, 1.165) is 0 Å². The molecule has 6 heteroatoms. The molecule has 0 spiro atoms. The molecule has 0 saturated heterocycles. The van der Waals surface area contributed by atoms with Gasteiger partial charge in [-0.25, -0.2) is 0 Å². The highest BCUT2D eigenvalue weighted by Gasteiger charge is 2.19. The predicted octanol–water partition coefficient (Wildman–Crippen LogP) is -0.351. The molecular weight excluding hydrogens is 142 g/mol. The molecule has 0 atom stereocenters. The summed E-state index contributed by atoms with van der Waals surface area (Å²) in [6, 6.07) is 0. The molecule has 5 N–H and O–H groups in total. The molecule has 0 bridgehead atoms. The fourth-order valence-electron chi connectivity index (χ4n) is 0.462. The summed E-state index contributed by atoms with van der Waals surface area (Å²) in [6.07, 6.45) is 0. The van der Waals surface area contributed by atoms with Crippen LogP contribution in [0.2, 0.25) is 0 Å². The predicted molar refractivity (Wildman–Crippen MR) is 28.5 cm³/mol. The Kier molecular flexibility index (Phi) is 1.31. The highest BCUT2D eigenvalue weighted by Crippen LogP contribution is 2.44. The average molecular weight is 147 g/mol. The summed E-state index contributed by atoms with van der Waals surface area (Å²) in [5, 5.41) is 25.9. The maximum Gasteiger partial charge on any atom is 0.354 e. The van der Waals surface area contributed by atoms with E-state index in [4.69, 9.17) is 15.3 Å². The second kappa shape index (κ2) is 1.99. The minimum atomic E-state index is -0.835. The first kappa shape index (κ1) is 6.56. The topological polar surface area (TPSA) is 109 Å². The van der Waals surface area contributed by atoms with Gasteiger partial charge in [-0.15, -0.1) is 0 Å². The molecule has 0 aliphatic heterocycles. The van der Waals surface area contributed by atoms with Gasteiger partial charge in [0.1, 0.15) is 0 Å². The van der Waals surface area contributed by atoms with Crippen LogP contribution in [0.4, 0.5) is 0 Å². The SMILES string of the molecule is NOc1oc(O)c(O)c1O. The molecule has 1 rings (SSSR count). The van der Waals surface area contributed by atoms with Crippen LogP contribution in [-0.2, 0) is 0 Å². The highest BCUT2D eigenvalue weighted by atomic mass is 16.7. The van der Waals surface area contributed by atoms with Gasteiger partial charge in [0.2, 0.25) is 11.5 Å². The quantitative estimate of drug-likeness (QED) is 0.404. The summed E-state index contributed by atoms with van der Waals surface area (Å²) in [6.45, 7) is 0. The lowest BCUT2D eigenvalue weighted by Gasteiger charge is -1.88. The molecule has 1 aromatic heterocycles. The second-order valence-electron chi connectivity index (χ2n) is 1.51. The summed E-state index contributed by atoms with van der Waals surface area (Å²) < 4.78 is 4.20. The van der Waals surface area contributed by atoms with E-state index in [1.165, 1.54) is 0 Å². The first-order valence-electron chi connectivity index (χ1n) is 2.27. The highest BCUT2D eigenvalue weighted by molar-refractivity contribution is 5.49. The molecule has 0 saturated carbocycles. The van der Waals surface area contributed by atoms with Crippen molar-refractivity contribution < 1.29 is 24.6 Å². The van der Waals surface area contributed by atoms with E-state index in [1.54, 1.807) is 0 Å². The molecular formula is C4H5NO5. The third-order valence-electron chi connectivity index (χ3n) is 0.917. The molecule has 0 amide bonds. The Morgan fingerprint density at radius 3 is 2.00 bits per heavy atom. The van der Waals surface area contributed by atoms with Crippen LogP contribution in [-0.4, -0.2) is 15.3 Å². The van der Waals surface area contributed by atoms with Crippen LogP contribution in [0.25, 0.3) is 0 Å². The zero-order valence-electron chi connectivity index (χ0n) is 4.74. The minimum Gasteiger partial charge on any atom is -0.499 e. The van der Waals surface area contributed by atoms with Gasteiger partial charge in [0.05, 0.1) is 0 Å². The number of aromatic hydroxyl groups is 3. The third-order valence-corrected chi connectivity index (χ3v) is 0.917. The van der Waals surface area contributed by atoms with E-state index >= 15 is 0 Å². The molecule has 1 aromatic rings. The van der Waals surface area contributed by atoms with Crippen molar-refractivity contribution in [2.75, 3.05) is 0 Å². The van der Waals surface area contributed by atoms with E-state index in [0.29, 0.717) is 0 Å². The lowest BCUT2D eigenvalue weighted by Crippen LogP contribution is -2.00.